The highest BCUT2D eigenvalue weighted by Gasteiger charge is 2.12. The van der Waals surface area contributed by atoms with Gasteiger partial charge in [0.15, 0.2) is 12.1 Å². The van der Waals surface area contributed by atoms with Crippen LogP contribution in [0.25, 0.3) is 0 Å². The van der Waals surface area contributed by atoms with Gasteiger partial charge in [-0.3, -0.25) is 4.98 Å². The lowest BCUT2D eigenvalue weighted by atomic mass is 10.2. The number of carboxylic acids is 1. The minimum absolute atomic E-state index is 0.0705. The molecule has 6 heteroatoms. The molecule has 2 rings (SSSR count). The van der Waals surface area contributed by atoms with E-state index in [1.807, 2.05) is 0 Å². The fourth-order valence-corrected chi connectivity index (χ4v) is 1.28. The van der Waals surface area contributed by atoms with Crippen molar-refractivity contribution in [2.24, 2.45) is 0 Å². The van der Waals surface area contributed by atoms with Crippen molar-refractivity contribution in [2.75, 3.05) is 0 Å². The number of aromatic carboxylic acids is 1. The molecule has 0 radical (unpaired) electrons. The largest absolute Gasteiger partial charge is 0.485 e. The highest BCUT2D eigenvalue weighted by Crippen LogP contribution is 2.18. The lowest BCUT2D eigenvalue weighted by molar-refractivity contribution is 0.0691. The lowest BCUT2D eigenvalue weighted by Crippen LogP contribution is -2.04. The van der Waals surface area contributed by atoms with Crippen molar-refractivity contribution in [3.63, 3.8) is 0 Å². The van der Waals surface area contributed by atoms with Gasteiger partial charge < -0.3 is 14.3 Å². The van der Waals surface area contributed by atoms with Crippen molar-refractivity contribution < 1.29 is 19.1 Å². The summed E-state index contributed by atoms with van der Waals surface area (Å²) >= 11 is 0. The third-order valence-corrected chi connectivity index (χ3v) is 2.22. The Bertz CT molecular complexity index is 536. The summed E-state index contributed by atoms with van der Waals surface area (Å²) in [6.07, 6.45) is 4.08. The molecule has 0 aliphatic rings. The Morgan fingerprint density at radius 2 is 2.41 bits per heavy atom. The van der Waals surface area contributed by atoms with E-state index in [2.05, 4.69) is 9.97 Å². The zero-order chi connectivity index (χ0) is 12.3. The van der Waals surface area contributed by atoms with Crippen molar-refractivity contribution >= 4 is 5.97 Å². The number of carbonyl (C=O) groups is 1. The zero-order valence-corrected chi connectivity index (χ0v) is 9.08. The maximum Gasteiger partial charge on any atom is 0.339 e. The summed E-state index contributed by atoms with van der Waals surface area (Å²) in [5, 5.41) is 8.94. The van der Waals surface area contributed by atoms with E-state index in [0.717, 1.165) is 0 Å². The van der Waals surface area contributed by atoms with Crippen LogP contribution in [0, 0.1) is 6.92 Å². The number of rotatable bonds is 4. The minimum atomic E-state index is -1.06. The summed E-state index contributed by atoms with van der Waals surface area (Å²) in [6.45, 7) is 1.90. The van der Waals surface area contributed by atoms with Crippen LogP contribution < -0.4 is 4.74 Å². The molecule has 0 fully saturated rings. The van der Waals surface area contributed by atoms with Crippen LogP contribution in [-0.4, -0.2) is 21.0 Å². The van der Waals surface area contributed by atoms with Crippen molar-refractivity contribution in [1.29, 1.82) is 0 Å². The van der Waals surface area contributed by atoms with Crippen LogP contribution in [0.3, 0.4) is 0 Å². The third kappa shape index (κ3) is 2.41. The minimum Gasteiger partial charge on any atom is -0.485 e. The number of pyridine rings is 1. The molecule has 0 saturated carbocycles. The number of hydrogen-bond acceptors (Lipinski definition) is 5. The quantitative estimate of drug-likeness (QED) is 0.865. The Morgan fingerprint density at radius 1 is 1.59 bits per heavy atom. The fraction of sp³-hybridized carbons (Fsp3) is 0.182. The van der Waals surface area contributed by atoms with Gasteiger partial charge in [-0.05, 0) is 13.0 Å². The molecular formula is C11H10N2O4. The first-order valence-corrected chi connectivity index (χ1v) is 4.87. The monoisotopic (exact) mass is 234 g/mol. The number of carboxylic acid groups (broad SMARTS) is 1. The first-order chi connectivity index (χ1) is 8.18. The second-order valence-corrected chi connectivity index (χ2v) is 3.32. The summed E-state index contributed by atoms with van der Waals surface area (Å²) in [5.41, 5.74) is 0.700. The van der Waals surface area contributed by atoms with Gasteiger partial charge in [0.2, 0.25) is 0 Å². The second kappa shape index (κ2) is 4.65. The number of ether oxygens (including phenoxy) is 1. The molecule has 1 N–H and O–H groups in total. The van der Waals surface area contributed by atoms with Gasteiger partial charge in [-0.15, -0.1) is 0 Å². The molecule has 0 atom stereocenters. The summed E-state index contributed by atoms with van der Waals surface area (Å²) in [7, 11) is 0. The molecule has 0 bridgehead atoms. The van der Waals surface area contributed by atoms with Gasteiger partial charge in [0.25, 0.3) is 0 Å². The summed E-state index contributed by atoms with van der Waals surface area (Å²) in [5.74, 6) is -0.201. The van der Waals surface area contributed by atoms with E-state index in [-0.39, 0.29) is 17.9 Å². The maximum absolute atomic E-state index is 10.9. The molecule has 2 aromatic rings. The van der Waals surface area contributed by atoms with E-state index in [1.54, 1.807) is 6.92 Å². The summed E-state index contributed by atoms with van der Waals surface area (Å²) < 4.78 is 10.4. The van der Waals surface area contributed by atoms with Crippen LogP contribution in [0.4, 0.5) is 0 Å². The predicted octanol–water partition coefficient (Wildman–Crippen LogP) is 1.66. The topological polar surface area (TPSA) is 85.5 Å². The van der Waals surface area contributed by atoms with Gasteiger partial charge in [0, 0.05) is 6.20 Å². The van der Waals surface area contributed by atoms with Crippen molar-refractivity contribution in [3.05, 3.63) is 41.9 Å². The molecular weight excluding hydrogens is 224 g/mol. The average Bonchev–Trinajstić information content (AvgIpc) is 2.72. The normalized spacial score (nSPS) is 10.2. The summed E-state index contributed by atoms with van der Waals surface area (Å²) in [6, 6.07) is 1.38. The molecule has 0 aliphatic heterocycles. The summed E-state index contributed by atoms with van der Waals surface area (Å²) in [4.78, 5) is 18.7. The van der Waals surface area contributed by atoms with Gasteiger partial charge in [-0.2, -0.15) is 0 Å². The predicted molar refractivity (Wildman–Crippen MR) is 56.8 cm³/mol. The number of oxazole rings is 1. The first kappa shape index (κ1) is 11.1. The molecule has 0 saturated heterocycles. The lowest BCUT2D eigenvalue weighted by Gasteiger charge is -2.06. The molecule has 0 aromatic carbocycles. The molecule has 6 nitrogen and oxygen atoms in total. The number of hydrogen-bond donors (Lipinski definition) is 1. The second-order valence-electron chi connectivity index (χ2n) is 3.32. The highest BCUT2D eigenvalue weighted by molar-refractivity contribution is 5.90. The molecule has 88 valence electrons. The Labute approximate surface area is 96.9 Å². The average molecular weight is 234 g/mol. The molecule has 2 aromatic heterocycles. The molecule has 0 spiro atoms. The molecule has 0 amide bonds. The van der Waals surface area contributed by atoms with Gasteiger partial charge >= 0.3 is 5.97 Å². The Hall–Kier alpha value is -2.37. The highest BCUT2D eigenvalue weighted by atomic mass is 16.5. The van der Waals surface area contributed by atoms with Crippen molar-refractivity contribution in [2.45, 2.75) is 13.5 Å². The van der Waals surface area contributed by atoms with Crippen LogP contribution in [0.5, 0.6) is 5.75 Å². The maximum atomic E-state index is 10.9. The number of nitrogens with zero attached hydrogens (tertiary/aromatic N) is 2. The molecule has 2 heterocycles. The van der Waals surface area contributed by atoms with Gasteiger partial charge in [-0.1, -0.05) is 0 Å². The van der Waals surface area contributed by atoms with Gasteiger partial charge in [-0.25, -0.2) is 9.78 Å². The van der Waals surface area contributed by atoms with E-state index in [0.29, 0.717) is 11.5 Å². The van der Waals surface area contributed by atoms with Crippen LogP contribution in [-0.2, 0) is 6.61 Å². The molecule has 0 unspecified atom stereocenters. The Kier molecular flexibility index (Phi) is 3.04. The van der Waals surface area contributed by atoms with Crippen LogP contribution in [0.15, 0.2) is 29.3 Å². The number of aromatic nitrogens is 2. The third-order valence-electron chi connectivity index (χ3n) is 2.22. The number of aryl methyl sites for hydroxylation is 1. The molecule has 17 heavy (non-hydrogen) atoms. The zero-order valence-electron chi connectivity index (χ0n) is 9.08. The fourth-order valence-electron chi connectivity index (χ4n) is 1.28. The van der Waals surface area contributed by atoms with Crippen LogP contribution in [0.1, 0.15) is 21.8 Å². The smallest absolute Gasteiger partial charge is 0.339 e. The van der Waals surface area contributed by atoms with Crippen LogP contribution in [0.2, 0.25) is 0 Å². The van der Waals surface area contributed by atoms with Gasteiger partial charge in [0.05, 0.1) is 6.20 Å². The van der Waals surface area contributed by atoms with E-state index >= 15 is 0 Å². The van der Waals surface area contributed by atoms with E-state index in [1.165, 1.54) is 24.9 Å². The molecule has 0 aliphatic carbocycles. The first-order valence-electron chi connectivity index (χ1n) is 4.87. The Morgan fingerprint density at radius 3 is 3.06 bits per heavy atom. The van der Waals surface area contributed by atoms with Crippen molar-refractivity contribution in [1.82, 2.24) is 9.97 Å². The van der Waals surface area contributed by atoms with E-state index < -0.39 is 5.97 Å². The van der Waals surface area contributed by atoms with Gasteiger partial charge in [0.1, 0.15) is 23.6 Å². The van der Waals surface area contributed by atoms with Crippen LogP contribution >= 0.6 is 0 Å². The SMILES string of the molecule is Cc1ocnc1COc1cnccc1C(=O)O. The Balaban J connectivity index is 2.14. The van der Waals surface area contributed by atoms with E-state index in [9.17, 15) is 4.79 Å². The van der Waals surface area contributed by atoms with E-state index in [4.69, 9.17) is 14.3 Å². The van der Waals surface area contributed by atoms with Crippen molar-refractivity contribution in [3.8, 4) is 5.75 Å². The standard InChI is InChI=1S/C11H10N2O4/c1-7-9(13-6-17-7)5-16-10-4-12-3-2-8(10)11(14)15/h2-4,6H,5H2,1H3,(H,14,15).